The summed E-state index contributed by atoms with van der Waals surface area (Å²) in [5.41, 5.74) is 1.51. The van der Waals surface area contributed by atoms with E-state index in [-0.39, 0.29) is 5.82 Å². The van der Waals surface area contributed by atoms with Crippen molar-refractivity contribution in [2.75, 3.05) is 10.6 Å². The number of hydrogen-bond acceptors (Lipinski definition) is 4. The molecule has 2 saturated carbocycles. The zero-order chi connectivity index (χ0) is 17.2. The molecule has 0 radical (unpaired) electrons. The van der Waals surface area contributed by atoms with E-state index in [0.717, 1.165) is 9.26 Å². The minimum atomic E-state index is -0.264. The van der Waals surface area contributed by atoms with Gasteiger partial charge in [0.1, 0.15) is 11.6 Å². The van der Waals surface area contributed by atoms with E-state index in [1.54, 1.807) is 6.07 Å². The van der Waals surface area contributed by atoms with Crippen LogP contribution in [0.2, 0.25) is 0 Å². The number of aromatic nitrogens is 2. The lowest BCUT2D eigenvalue weighted by Crippen LogP contribution is -2.23. The molecule has 0 atom stereocenters. The minimum Gasteiger partial charge on any atom is -0.351 e. The molecule has 0 saturated heterocycles. The van der Waals surface area contributed by atoms with Crippen LogP contribution in [0, 0.1) is 9.39 Å². The molecule has 0 amide bonds. The third-order valence-corrected chi connectivity index (χ3v) is 5.54. The second-order valence-electron chi connectivity index (χ2n) is 7.00. The summed E-state index contributed by atoms with van der Waals surface area (Å²) < 4.78 is 15.0. The molecule has 2 aromatic rings. The maximum absolute atomic E-state index is 14.2. The molecule has 6 heteroatoms. The van der Waals surface area contributed by atoms with Crippen LogP contribution in [-0.2, 0) is 0 Å². The third-order valence-electron chi connectivity index (χ3n) is 4.87. The van der Waals surface area contributed by atoms with E-state index in [1.807, 2.05) is 12.1 Å². The molecule has 2 aliphatic carbocycles. The monoisotopic (exact) mass is 452 g/mol. The molecule has 0 spiro atoms. The SMILES string of the molecule is Fc1cc(I)ccc1Nc1cc(C2CC2)nc(NC2CCCCC2)n1. The summed E-state index contributed by atoms with van der Waals surface area (Å²) in [6.45, 7) is 0. The predicted octanol–water partition coefficient (Wildman–Crippen LogP) is 5.59. The van der Waals surface area contributed by atoms with Crippen LogP contribution in [0.1, 0.15) is 56.6 Å². The summed E-state index contributed by atoms with van der Waals surface area (Å²) >= 11 is 2.11. The average molecular weight is 452 g/mol. The highest BCUT2D eigenvalue weighted by atomic mass is 127. The van der Waals surface area contributed by atoms with Gasteiger partial charge in [0.05, 0.1) is 11.4 Å². The van der Waals surface area contributed by atoms with Gasteiger partial charge >= 0.3 is 0 Å². The summed E-state index contributed by atoms with van der Waals surface area (Å²) in [5.74, 6) is 1.59. The largest absolute Gasteiger partial charge is 0.351 e. The Kier molecular flexibility index (Phi) is 5.05. The van der Waals surface area contributed by atoms with Crippen molar-refractivity contribution in [1.82, 2.24) is 9.97 Å². The fourth-order valence-corrected chi connectivity index (χ4v) is 3.79. The number of halogens is 2. The first kappa shape index (κ1) is 17.0. The number of nitrogens with one attached hydrogen (secondary N) is 2. The molecule has 4 nitrogen and oxygen atoms in total. The fraction of sp³-hybridized carbons (Fsp3) is 0.474. The van der Waals surface area contributed by atoms with E-state index in [1.165, 1.54) is 51.0 Å². The molecule has 0 unspecified atom stereocenters. The molecule has 25 heavy (non-hydrogen) atoms. The van der Waals surface area contributed by atoms with Gasteiger partial charge in [-0.3, -0.25) is 0 Å². The van der Waals surface area contributed by atoms with Crippen LogP contribution in [0.5, 0.6) is 0 Å². The zero-order valence-electron chi connectivity index (χ0n) is 14.1. The van der Waals surface area contributed by atoms with Crippen LogP contribution in [-0.4, -0.2) is 16.0 Å². The second-order valence-corrected chi connectivity index (χ2v) is 8.25. The Balaban J connectivity index is 1.57. The van der Waals surface area contributed by atoms with Crippen LogP contribution in [0.15, 0.2) is 24.3 Å². The predicted molar refractivity (Wildman–Crippen MR) is 107 cm³/mol. The lowest BCUT2D eigenvalue weighted by Gasteiger charge is -2.23. The first-order valence-corrected chi connectivity index (χ1v) is 10.1. The second kappa shape index (κ2) is 7.43. The lowest BCUT2D eigenvalue weighted by molar-refractivity contribution is 0.460. The fourth-order valence-electron chi connectivity index (χ4n) is 3.34. The molecule has 0 aliphatic heterocycles. The van der Waals surface area contributed by atoms with Gasteiger partial charge < -0.3 is 10.6 Å². The number of benzene rings is 1. The summed E-state index contributed by atoms with van der Waals surface area (Å²) in [7, 11) is 0. The summed E-state index contributed by atoms with van der Waals surface area (Å²) in [6, 6.07) is 7.57. The molecule has 4 rings (SSSR count). The maximum Gasteiger partial charge on any atom is 0.225 e. The molecular formula is C19H22FIN4. The molecule has 0 bridgehead atoms. The Bertz CT molecular complexity index is 757. The highest BCUT2D eigenvalue weighted by molar-refractivity contribution is 14.1. The van der Waals surface area contributed by atoms with Gasteiger partial charge in [0.2, 0.25) is 5.95 Å². The van der Waals surface area contributed by atoms with Gasteiger partial charge in [0.25, 0.3) is 0 Å². The molecule has 1 heterocycles. The third kappa shape index (κ3) is 4.40. The molecule has 2 aliphatic rings. The Morgan fingerprint density at radius 1 is 1.00 bits per heavy atom. The van der Waals surface area contributed by atoms with E-state index >= 15 is 0 Å². The van der Waals surface area contributed by atoms with Gasteiger partial charge in [-0.15, -0.1) is 0 Å². The molecule has 1 aromatic heterocycles. The highest BCUT2D eigenvalue weighted by Crippen LogP contribution is 2.40. The van der Waals surface area contributed by atoms with Crippen molar-refractivity contribution >= 4 is 40.0 Å². The van der Waals surface area contributed by atoms with E-state index in [2.05, 4.69) is 38.2 Å². The van der Waals surface area contributed by atoms with E-state index in [9.17, 15) is 4.39 Å². The summed E-state index contributed by atoms with van der Waals surface area (Å²) in [4.78, 5) is 9.31. The van der Waals surface area contributed by atoms with Gasteiger partial charge in [-0.1, -0.05) is 19.3 Å². The molecule has 2 fully saturated rings. The van der Waals surface area contributed by atoms with Crippen molar-refractivity contribution in [3.05, 3.63) is 39.3 Å². The zero-order valence-corrected chi connectivity index (χ0v) is 16.2. The van der Waals surface area contributed by atoms with Gasteiger partial charge in [-0.25, -0.2) is 9.37 Å². The smallest absolute Gasteiger partial charge is 0.225 e. The van der Waals surface area contributed by atoms with Crippen LogP contribution in [0.4, 0.5) is 21.8 Å². The molecule has 132 valence electrons. The first-order chi connectivity index (χ1) is 12.2. The number of rotatable bonds is 5. The quantitative estimate of drug-likeness (QED) is 0.582. The lowest BCUT2D eigenvalue weighted by atomic mass is 9.96. The van der Waals surface area contributed by atoms with Crippen molar-refractivity contribution in [2.45, 2.75) is 56.9 Å². The van der Waals surface area contributed by atoms with E-state index < -0.39 is 0 Å². The van der Waals surface area contributed by atoms with E-state index in [0.29, 0.717) is 29.4 Å². The van der Waals surface area contributed by atoms with Crippen molar-refractivity contribution in [1.29, 1.82) is 0 Å². The van der Waals surface area contributed by atoms with Gasteiger partial charge in [-0.05, 0) is 66.5 Å². The number of anilines is 3. The van der Waals surface area contributed by atoms with Gasteiger partial charge in [0.15, 0.2) is 0 Å². The Labute approximate surface area is 161 Å². The van der Waals surface area contributed by atoms with Gasteiger partial charge in [-0.2, -0.15) is 4.98 Å². The summed E-state index contributed by atoms with van der Waals surface area (Å²) in [5, 5.41) is 6.63. The normalized spacial score (nSPS) is 18.2. The molecule has 2 N–H and O–H groups in total. The topological polar surface area (TPSA) is 49.8 Å². The standard InChI is InChI=1S/C19H22FIN4/c20-15-10-13(21)8-9-16(15)23-18-11-17(12-6-7-12)24-19(25-18)22-14-4-2-1-3-5-14/h8-12,14H,1-7H2,(H2,22,23,24,25). The van der Waals surface area contributed by atoms with Crippen LogP contribution in [0.3, 0.4) is 0 Å². The maximum atomic E-state index is 14.2. The highest BCUT2D eigenvalue weighted by Gasteiger charge is 2.27. The van der Waals surface area contributed by atoms with Crippen LogP contribution in [0.25, 0.3) is 0 Å². The van der Waals surface area contributed by atoms with Crippen LogP contribution < -0.4 is 10.6 Å². The Hall–Kier alpha value is -1.44. The average Bonchev–Trinajstić information content (AvgIpc) is 3.43. The van der Waals surface area contributed by atoms with Crippen molar-refractivity contribution < 1.29 is 4.39 Å². The number of nitrogens with zero attached hydrogens (tertiary/aromatic N) is 2. The molecule has 1 aromatic carbocycles. The van der Waals surface area contributed by atoms with Gasteiger partial charge in [0, 0.05) is 21.6 Å². The Morgan fingerprint density at radius 3 is 2.52 bits per heavy atom. The van der Waals surface area contributed by atoms with E-state index in [4.69, 9.17) is 4.98 Å². The van der Waals surface area contributed by atoms with Crippen LogP contribution >= 0.6 is 22.6 Å². The van der Waals surface area contributed by atoms with Crippen molar-refractivity contribution in [3.8, 4) is 0 Å². The number of hydrogen-bond donors (Lipinski definition) is 2. The minimum absolute atomic E-state index is 0.264. The first-order valence-electron chi connectivity index (χ1n) is 9.05. The Morgan fingerprint density at radius 2 is 1.80 bits per heavy atom. The summed E-state index contributed by atoms with van der Waals surface area (Å²) in [6.07, 6.45) is 8.55. The van der Waals surface area contributed by atoms with Crippen molar-refractivity contribution in [2.24, 2.45) is 0 Å². The van der Waals surface area contributed by atoms with Crippen molar-refractivity contribution in [3.63, 3.8) is 0 Å². The molecular weight excluding hydrogens is 430 g/mol.